The lowest BCUT2D eigenvalue weighted by molar-refractivity contribution is -0.155. The molecule has 0 aromatic heterocycles. The molecule has 1 unspecified atom stereocenters. The van der Waals surface area contributed by atoms with Gasteiger partial charge in [0.1, 0.15) is 9.84 Å². The van der Waals surface area contributed by atoms with E-state index in [-0.39, 0.29) is 17.5 Å². The van der Waals surface area contributed by atoms with Crippen molar-refractivity contribution in [1.29, 1.82) is 0 Å². The van der Waals surface area contributed by atoms with Crippen LogP contribution >= 0.6 is 0 Å². The van der Waals surface area contributed by atoms with Crippen molar-refractivity contribution in [3.8, 4) is 0 Å². The number of urea groups is 1. The fourth-order valence-corrected chi connectivity index (χ4v) is 3.09. The Morgan fingerprint density at radius 3 is 2.32 bits per heavy atom. The standard InChI is InChI=1S/C10H18N2O6S/c1-10(16,8(13)14)6-11-9(15)12-7-2-4-19(17,18)5-3-7/h7,16H,2-6H2,1H3,(H,13,14)(H2,11,12,15). The highest BCUT2D eigenvalue weighted by atomic mass is 32.2. The van der Waals surface area contributed by atoms with Gasteiger partial charge in [0.25, 0.3) is 0 Å². The summed E-state index contributed by atoms with van der Waals surface area (Å²) >= 11 is 0. The molecular weight excluding hydrogens is 276 g/mol. The van der Waals surface area contributed by atoms with Crippen molar-refractivity contribution in [2.75, 3.05) is 18.1 Å². The first kappa shape index (κ1) is 15.7. The van der Waals surface area contributed by atoms with E-state index in [2.05, 4.69) is 10.6 Å². The number of sulfone groups is 1. The van der Waals surface area contributed by atoms with E-state index in [0.717, 1.165) is 6.92 Å². The van der Waals surface area contributed by atoms with Crippen LogP contribution in [0.25, 0.3) is 0 Å². The van der Waals surface area contributed by atoms with E-state index in [1.54, 1.807) is 0 Å². The van der Waals surface area contributed by atoms with Gasteiger partial charge in [0.05, 0.1) is 18.1 Å². The van der Waals surface area contributed by atoms with Crippen molar-refractivity contribution in [2.45, 2.75) is 31.4 Å². The van der Waals surface area contributed by atoms with Crippen LogP contribution in [-0.4, -0.2) is 60.3 Å². The molecule has 0 aliphatic carbocycles. The zero-order valence-electron chi connectivity index (χ0n) is 10.5. The summed E-state index contributed by atoms with van der Waals surface area (Å²) in [5.41, 5.74) is -2.03. The lowest BCUT2D eigenvalue weighted by Gasteiger charge is -2.24. The molecule has 1 rings (SSSR count). The highest BCUT2D eigenvalue weighted by molar-refractivity contribution is 7.91. The Bertz CT molecular complexity index is 445. The zero-order chi connectivity index (χ0) is 14.7. The van der Waals surface area contributed by atoms with Crippen LogP contribution in [-0.2, 0) is 14.6 Å². The van der Waals surface area contributed by atoms with Crippen LogP contribution in [0.4, 0.5) is 4.79 Å². The predicted octanol–water partition coefficient (Wildman–Crippen LogP) is -1.30. The van der Waals surface area contributed by atoms with Crippen LogP contribution in [0.1, 0.15) is 19.8 Å². The van der Waals surface area contributed by atoms with E-state index in [4.69, 9.17) is 5.11 Å². The Kier molecular flexibility index (Phi) is 4.75. The number of carbonyl (C=O) groups is 2. The molecule has 1 fully saturated rings. The minimum Gasteiger partial charge on any atom is -0.479 e. The van der Waals surface area contributed by atoms with Crippen molar-refractivity contribution in [3.63, 3.8) is 0 Å². The first-order valence-electron chi connectivity index (χ1n) is 5.83. The van der Waals surface area contributed by atoms with Crippen LogP contribution in [0.2, 0.25) is 0 Å². The SMILES string of the molecule is CC(O)(CNC(=O)NC1CCS(=O)(=O)CC1)C(=O)O. The van der Waals surface area contributed by atoms with E-state index in [9.17, 15) is 23.1 Å². The molecule has 0 aromatic carbocycles. The Morgan fingerprint density at radius 2 is 1.84 bits per heavy atom. The van der Waals surface area contributed by atoms with Gasteiger partial charge in [-0.1, -0.05) is 0 Å². The highest BCUT2D eigenvalue weighted by Crippen LogP contribution is 2.11. The molecule has 0 aromatic rings. The van der Waals surface area contributed by atoms with Gasteiger partial charge >= 0.3 is 12.0 Å². The smallest absolute Gasteiger partial charge is 0.337 e. The van der Waals surface area contributed by atoms with E-state index in [1.165, 1.54) is 0 Å². The topological polar surface area (TPSA) is 133 Å². The van der Waals surface area contributed by atoms with Crippen LogP contribution in [0.15, 0.2) is 0 Å². The quantitative estimate of drug-likeness (QED) is 0.509. The molecule has 0 saturated carbocycles. The van der Waals surface area contributed by atoms with Crippen molar-refractivity contribution in [3.05, 3.63) is 0 Å². The summed E-state index contributed by atoms with van der Waals surface area (Å²) in [4.78, 5) is 22.1. The third kappa shape index (κ3) is 5.03. The zero-order valence-corrected chi connectivity index (χ0v) is 11.4. The van der Waals surface area contributed by atoms with E-state index >= 15 is 0 Å². The second-order valence-electron chi connectivity index (χ2n) is 4.83. The number of carbonyl (C=O) groups excluding carboxylic acids is 1. The minimum absolute atomic E-state index is 0.0325. The Balaban J connectivity index is 2.35. The molecule has 4 N–H and O–H groups in total. The highest BCUT2D eigenvalue weighted by Gasteiger charge is 2.31. The van der Waals surface area contributed by atoms with Crippen molar-refractivity contribution >= 4 is 21.8 Å². The summed E-state index contributed by atoms with van der Waals surface area (Å²) in [6, 6.07) is -0.871. The predicted molar refractivity (Wildman–Crippen MR) is 66.5 cm³/mol. The molecule has 0 spiro atoms. The number of aliphatic hydroxyl groups is 1. The molecule has 1 atom stereocenters. The van der Waals surface area contributed by atoms with Gasteiger partial charge in [0, 0.05) is 6.04 Å². The summed E-state index contributed by atoms with van der Waals surface area (Å²) < 4.78 is 22.4. The van der Waals surface area contributed by atoms with Crippen molar-refractivity contribution in [1.82, 2.24) is 10.6 Å². The van der Waals surface area contributed by atoms with Gasteiger partial charge in [-0.2, -0.15) is 0 Å². The first-order chi connectivity index (χ1) is 8.62. The largest absolute Gasteiger partial charge is 0.479 e. The van der Waals surface area contributed by atoms with Crippen LogP contribution in [0, 0.1) is 0 Å². The van der Waals surface area contributed by atoms with E-state index < -0.39 is 34.0 Å². The maximum Gasteiger partial charge on any atom is 0.337 e. The fourth-order valence-electron chi connectivity index (χ4n) is 1.60. The number of rotatable bonds is 4. The number of nitrogens with one attached hydrogen (secondary N) is 2. The number of hydrogen-bond acceptors (Lipinski definition) is 5. The Hall–Kier alpha value is -1.35. The molecule has 8 nitrogen and oxygen atoms in total. The number of hydrogen-bond donors (Lipinski definition) is 4. The summed E-state index contributed by atoms with van der Waals surface area (Å²) in [7, 11) is -2.99. The number of aliphatic carboxylic acids is 1. The van der Waals surface area contributed by atoms with E-state index in [0.29, 0.717) is 12.8 Å². The second-order valence-corrected chi connectivity index (χ2v) is 7.14. The number of amides is 2. The summed E-state index contributed by atoms with van der Waals surface area (Å²) in [6.45, 7) is 0.641. The molecule has 0 bridgehead atoms. The molecule has 110 valence electrons. The molecule has 0 radical (unpaired) electrons. The van der Waals surface area contributed by atoms with Crippen LogP contribution < -0.4 is 10.6 Å². The molecule has 1 saturated heterocycles. The lowest BCUT2D eigenvalue weighted by atomic mass is 10.1. The Labute approximate surface area is 111 Å². The van der Waals surface area contributed by atoms with Gasteiger partial charge in [0.15, 0.2) is 5.60 Å². The van der Waals surface area contributed by atoms with Crippen molar-refractivity contribution in [2.24, 2.45) is 0 Å². The number of carboxylic acid groups (broad SMARTS) is 1. The van der Waals surface area contributed by atoms with Gasteiger partial charge in [-0.3, -0.25) is 0 Å². The Morgan fingerprint density at radius 1 is 1.32 bits per heavy atom. The molecule has 1 aliphatic heterocycles. The first-order valence-corrected chi connectivity index (χ1v) is 7.65. The van der Waals surface area contributed by atoms with Gasteiger partial charge in [0.2, 0.25) is 0 Å². The van der Waals surface area contributed by atoms with Crippen molar-refractivity contribution < 1.29 is 28.2 Å². The summed E-state index contributed by atoms with van der Waals surface area (Å²) in [6.07, 6.45) is 0.677. The maximum atomic E-state index is 11.5. The monoisotopic (exact) mass is 294 g/mol. The average Bonchev–Trinajstić information content (AvgIpc) is 2.29. The van der Waals surface area contributed by atoms with Crippen LogP contribution in [0.3, 0.4) is 0 Å². The van der Waals surface area contributed by atoms with Gasteiger partial charge < -0.3 is 20.8 Å². The van der Waals surface area contributed by atoms with Gasteiger partial charge in [-0.15, -0.1) is 0 Å². The molecule has 2 amide bonds. The second kappa shape index (κ2) is 5.74. The third-order valence-corrected chi connectivity index (χ3v) is 4.66. The molecule has 9 heteroatoms. The van der Waals surface area contributed by atoms with Gasteiger partial charge in [-0.05, 0) is 19.8 Å². The normalized spacial score (nSPS) is 22.2. The lowest BCUT2D eigenvalue weighted by Crippen LogP contribution is -2.51. The molecule has 19 heavy (non-hydrogen) atoms. The maximum absolute atomic E-state index is 11.5. The molecule has 1 aliphatic rings. The summed E-state index contributed by atoms with van der Waals surface area (Å²) in [5.74, 6) is -1.37. The third-order valence-electron chi connectivity index (χ3n) is 2.94. The minimum atomic E-state index is -2.99. The fraction of sp³-hybridized carbons (Fsp3) is 0.800. The summed E-state index contributed by atoms with van der Waals surface area (Å²) in [5, 5.41) is 22.8. The van der Waals surface area contributed by atoms with E-state index in [1.807, 2.05) is 0 Å². The van der Waals surface area contributed by atoms with Crippen LogP contribution in [0.5, 0.6) is 0 Å². The number of carboxylic acids is 1. The molecule has 1 heterocycles. The average molecular weight is 294 g/mol. The van der Waals surface area contributed by atoms with Gasteiger partial charge in [-0.25, -0.2) is 18.0 Å². The molecular formula is C10H18N2O6S.